The summed E-state index contributed by atoms with van der Waals surface area (Å²) in [6.45, 7) is 5.52. The molecule has 0 aliphatic heterocycles. The Kier molecular flexibility index (Phi) is 8.34. The van der Waals surface area contributed by atoms with E-state index in [0.717, 1.165) is 5.56 Å². The van der Waals surface area contributed by atoms with Crippen molar-refractivity contribution < 1.29 is 24.2 Å². The molecule has 7 nitrogen and oxygen atoms in total. The van der Waals surface area contributed by atoms with Crippen LogP contribution < -0.4 is 10.6 Å². The predicted octanol–water partition coefficient (Wildman–Crippen LogP) is 2.57. The number of amides is 2. The molecule has 2 amide bonds. The Hall–Kier alpha value is -2.83. The average molecular weight is 362 g/mol. The van der Waals surface area contributed by atoms with Crippen molar-refractivity contribution in [2.24, 2.45) is 0 Å². The SMILES string of the molecule is CC(C)(C)OC(=O)NCCCC(NC(=O)C=Cc1ccccc1)C(=O)O. The minimum atomic E-state index is -1.12. The van der Waals surface area contributed by atoms with Crippen LogP contribution in [0.1, 0.15) is 39.2 Å². The number of hydrogen-bond acceptors (Lipinski definition) is 4. The highest BCUT2D eigenvalue weighted by atomic mass is 16.6. The molecule has 0 aliphatic carbocycles. The van der Waals surface area contributed by atoms with Gasteiger partial charge in [-0.05, 0) is 45.3 Å². The van der Waals surface area contributed by atoms with E-state index in [1.54, 1.807) is 26.8 Å². The largest absolute Gasteiger partial charge is 0.480 e. The number of hydrogen-bond donors (Lipinski definition) is 3. The van der Waals surface area contributed by atoms with E-state index in [2.05, 4.69) is 10.6 Å². The van der Waals surface area contributed by atoms with Crippen LogP contribution in [0.2, 0.25) is 0 Å². The van der Waals surface area contributed by atoms with Crippen molar-refractivity contribution in [1.29, 1.82) is 0 Å². The van der Waals surface area contributed by atoms with Crippen molar-refractivity contribution in [3.63, 3.8) is 0 Å². The Labute approximate surface area is 153 Å². The molecule has 0 radical (unpaired) electrons. The normalized spacial score (nSPS) is 12.4. The average Bonchev–Trinajstić information content (AvgIpc) is 2.55. The number of carbonyl (C=O) groups excluding carboxylic acids is 2. The van der Waals surface area contributed by atoms with Crippen LogP contribution in [0.15, 0.2) is 36.4 Å². The van der Waals surface area contributed by atoms with E-state index in [-0.39, 0.29) is 13.0 Å². The summed E-state index contributed by atoms with van der Waals surface area (Å²) in [6, 6.07) is 8.19. The predicted molar refractivity (Wildman–Crippen MR) is 98.5 cm³/mol. The van der Waals surface area contributed by atoms with E-state index in [1.165, 1.54) is 6.08 Å². The zero-order valence-corrected chi connectivity index (χ0v) is 15.3. The summed E-state index contributed by atoms with van der Waals surface area (Å²) >= 11 is 0. The first-order chi connectivity index (χ1) is 12.2. The van der Waals surface area contributed by atoms with Crippen molar-refractivity contribution in [3.8, 4) is 0 Å². The number of benzene rings is 1. The third kappa shape index (κ3) is 9.46. The number of aliphatic carboxylic acids is 1. The van der Waals surface area contributed by atoms with Gasteiger partial charge in [0, 0.05) is 12.6 Å². The smallest absolute Gasteiger partial charge is 0.407 e. The van der Waals surface area contributed by atoms with Crippen molar-refractivity contribution in [2.45, 2.75) is 45.3 Å². The summed E-state index contributed by atoms with van der Waals surface area (Å²) < 4.78 is 5.09. The maximum absolute atomic E-state index is 11.9. The van der Waals surface area contributed by atoms with Gasteiger partial charge in [-0.15, -0.1) is 0 Å². The Morgan fingerprint density at radius 3 is 2.42 bits per heavy atom. The van der Waals surface area contributed by atoms with Crippen molar-refractivity contribution in [3.05, 3.63) is 42.0 Å². The van der Waals surface area contributed by atoms with Crippen molar-refractivity contribution in [2.75, 3.05) is 6.54 Å². The van der Waals surface area contributed by atoms with E-state index < -0.39 is 29.6 Å². The lowest BCUT2D eigenvalue weighted by molar-refractivity contribution is -0.141. The highest BCUT2D eigenvalue weighted by Crippen LogP contribution is 2.06. The molecule has 1 unspecified atom stereocenters. The fourth-order valence-corrected chi connectivity index (χ4v) is 2.02. The molecular formula is C19H26N2O5. The van der Waals surface area contributed by atoms with Crippen LogP contribution in [0.3, 0.4) is 0 Å². The maximum Gasteiger partial charge on any atom is 0.407 e. The molecule has 0 saturated heterocycles. The Morgan fingerprint density at radius 2 is 1.85 bits per heavy atom. The van der Waals surface area contributed by atoms with Crippen LogP contribution in [0.25, 0.3) is 6.08 Å². The van der Waals surface area contributed by atoms with Gasteiger partial charge in [-0.3, -0.25) is 4.79 Å². The molecule has 0 aromatic heterocycles. The van der Waals surface area contributed by atoms with Crippen LogP contribution in [0.5, 0.6) is 0 Å². The van der Waals surface area contributed by atoms with Gasteiger partial charge in [0.25, 0.3) is 0 Å². The molecular weight excluding hydrogens is 336 g/mol. The van der Waals surface area contributed by atoms with Crippen LogP contribution in [0, 0.1) is 0 Å². The highest BCUT2D eigenvalue weighted by Gasteiger charge is 2.19. The van der Waals surface area contributed by atoms with Gasteiger partial charge in [-0.1, -0.05) is 30.3 Å². The molecule has 1 atom stereocenters. The molecule has 142 valence electrons. The lowest BCUT2D eigenvalue weighted by Crippen LogP contribution is -2.40. The summed E-state index contributed by atoms with van der Waals surface area (Å²) in [5.41, 5.74) is 0.253. The summed E-state index contributed by atoms with van der Waals surface area (Å²) in [5.74, 6) is -1.61. The van der Waals surface area contributed by atoms with E-state index >= 15 is 0 Å². The Balaban J connectivity index is 2.39. The number of alkyl carbamates (subject to hydrolysis) is 1. The highest BCUT2D eigenvalue weighted by molar-refractivity contribution is 5.94. The summed E-state index contributed by atoms with van der Waals surface area (Å²) in [7, 11) is 0. The number of carboxylic acids is 1. The first-order valence-electron chi connectivity index (χ1n) is 8.40. The van der Waals surface area contributed by atoms with E-state index in [0.29, 0.717) is 6.42 Å². The molecule has 0 aliphatic rings. The quantitative estimate of drug-likeness (QED) is 0.487. The van der Waals surface area contributed by atoms with Crippen LogP contribution in [-0.2, 0) is 14.3 Å². The molecule has 0 spiro atoms. The molecule has 1 aromatic carbocycles. The number of ether oxygens (including phenoxy) is 1. The van der Waals surface area contributed by atoms with Crippen LogP contribution >= 0.6 is 0 Å². The van der Waals surface area contributed by atoms with E-state index in [4.69, 9.17) is 4.74 Å². The summed E-state index contributed by atoms with van der Waals surface area (Å²) in [6.07, 6.45) is 2.93. The fourth-order valence-electron chi connectivity index (χ4n) is 2.02. The topological polar surface area (TPSA) is 105 Å². The van der Waals surface area contributed by atoms with Gasteiger partial charge >= 0.3 is 12.1 Å². The zero-order valence-electron chi connectivity index (χ0n) is 15.3. The minimum absolute atomic E-state index is 0.191. The maximum atomic E-state index is 11.9. The van der Waals surface area contributed by atoms with E-state index in [1.807, 2.05) is 30.3 Å². The molecule has 1 rings (SSSR count). The third-order valence-electron chi connectivity index (χ3n) is 3.18. The zero-order chi connectivity index (χ0) is 19.6. The minimum Gasteiger partial charge on any atom is -0.480 e. The molecule has 0 heterocycles. The second-order valence-electron chi connectivity index (χ2n) is 6.71. The van der Waals surface area contributed by atoms with Gasteiger partial charge in [0.15, 0.2) is 0 Å². The Morgan fingerprint density at radius 1 is 1.19 bits per heavy atom. The number of nitrogens with one attached hydrogen (secondary N) is 2. The van der Waals surface area contributed by atoms with Gasteiger partial charge in [0.1, 0.15) is 11.6 Å². The number of rotatable bonds is 8. The van der Waals surface area contributed by atoms with Gasteiger partial charge in [-0.25, -0.2) is 9.59 Å². The second kappa shape index (κ2) is 10.2. The van der Waals surface area contributed by atoms with E-state index in [9.17, 15) is 19.5 Å². The first-order valence-corrected chi connectivity index (χ1v) is 8.40. The first kappa shape index (κ1) is 21.2. The second-order valence-corrected chi connectivity index (χ2v) is 6.71. The molecule has 7 heteroatoms. The molecule has 26 heavy (non-hydrogen) atoms. The van der Waals surface area contributed by atoms with Gasteiger partial charge in [-0.2, -0.15) is 0 Å². The molecule has 0 saturated carbocycles. The van der Waals surface area contributed by atoms with Crippen LogP contribution in [-0.4, -0.2) is 41.3 Å². The van der Waals surface area contributed by atoms with Crippen LogP contribution in [0.4, 0.5) is 4.79 Å². The van der Waals surface area contributed by atoms with Crippen molar-refractivity contribution in [1.82, 2.24) is 10.6 Å². The summed E-state index contributed by atoms with van der Waals surface area (Å²) in [5, 5.41) is 14.2. The van der Waals surface area contributed by atoms with Gasteiger partial charge in [0.05, 0.1) is 0 Å². The summed E-state index contributed by atoms with van der Waals surface area (Å²) in [4.78, 5) is 34.7. The molecule has 1 aromatic rings. The number of carbonyl (C=O) groups is 3. The standard InChI is InChI=1S/C19H26N2O5/c1-19(2,3)26-18(25)20-13-7-10-15(17(23)24)21-16(22)12-11-14-8-5-4-6-9-14/h4-6,8-9,11-12,15H,7,10,13H2,1-3H3,(H,20,25)(H,21,22)(H,23,24). The third-order valence-corrected chi connectivity index (χ3v) is 3.18. The van der Waals surface area contributed by atoms with Gasteiger partial charge < -0.3 is 20.5 Å². The lowest BCUT2D eigenvalue weighted by Gasteiger charge is -2.20. The number of carboxylic acid groups (broad SMARTS) is 1. The van der Waals surface area contributed by atoms with Crippen molar-refractivity contribution >= 4 is 24.0 Å². The lowest BCUT2D eigenvalue weighted by atomic mass is 10.1. The fraction of sp³-hybridized carbons (Fsp3) is 0.421. The Bertz CT molecular complexity index is 635. The van der Waals surface area contributed by atoms with Gasteiger partial charge in [0.2, 0.25) is 5.91 Å². The monoisotopic (exact) mass is 362 g/mol. The molecule has 3 N–H and O–H groups in total. The molecule has 0 bridgehead atoms. The molecule has 0 fully saturated rings.